The Morgan fingerprint density at radius 2 is 2.00 bits per heavy atom. The molecule has 0 bridgehead atoms. The second-order valence-corrected chi connectivity index (χ2v) is 8.58. The van der Waals surface area contributed by atoms with Gasteiger partial charge in [0.1, 0.15) is 6.07 Å². The normalized spacial score (nSPS) is 11.6. The van der Waals surface area contributed by atoms with Gasteiger partial charge in [-0.2, -0.15) is 5.26 Å². The maximum atomic E-state index is 11.6. The lowest BCUT2D eigenvalue weighted by Crippen LogP contribution is -2.11. The third-order valence-electron chi connectivity index (χ3n) is 5.00. The van der Waals surface area contributed by atoms with Crippen LogP contribution in [0.4, 0.5) is 11.4 Å². The maximum absolute atomic E-state index is 11.6. The third-order valence-corrected chi connectivity index (χ3v) is 5.91. The molecule has 154 valence electrons. The van der Waals surface area contributed by atoms with Crippen molar-refractivity contribution in [1.29, 1.82) is 5.26 Å². The largest absolute Gasteiger partial charge is 0.361 e. The van der Waals surface area contributed by atoms with Gasteiger partial charge in [0.2, 0.25) is 10.0 Å². The van der Waals surface area contributed by atoms with Crippen molar-refractivity contribution in [3.05, 3.63) is 83.3 Å². The number of anilines is 2. The van der Waals surface area contributed by atoms with Gasteiger partial charge < -0.3 is 10.3 Å². The predicted molar refractivity (Wildman–Crippen MR) is 122 cm³/mol. The number of hydrogen-bond donors (Lipinski definition) is 3. The summed E-state index contributed by atoms with van der Waals surface area (Å²) >= 11 is 0. The zero-order valence-corrected chi connectivity index (χ0v) is 17.4. The number of H-pyrrole nitrogens is 1. The molecule has 0 unspecified atom stereocenters. The Kier molecular flexibility index (Phi) is 5.29. The molecular formula is C23H19N5O2S. The fourth-order valence-electron chi connectivity index (χ4n) is 3.36. The van der Waals surface area contributed by atoms with Gasteiger partial charge >= 0.3 is 0 Å². The summed E-state index contributed by atoms with van der Waals surface area (Å²) < 4.78 is 23.2. The highest BCUT2D eigenvalue weighted by Gasteiger charge is 2.11. The van der Waals surface area contributed by atoms with Gasteiger partial charge in [0.25, 0.3) is 0 Å². The highest BCUT2D eigenvalue weighted by atomic mass is 32.2. The molecule has 0 spiro atoms. The SMILES string of the molecule is Cc1c(Nc2c(C#N)cncc2C=Cc2cccc(S(N)(=O)=O)c2)ccc2[nH]ccc12. The maximum Gasteiger partial charge on any atom is 0.238 e. The van der Waals surface area contributed by atoms with Crippen molar-refractivity contribution < 1.29 is 8.42 Å². The molecule has 0 fully saturated rings. The topological polar surface area (TPSA) is 125 Å². The van der Waals surface area contributed by atoms with Crippen LogP contribution in [0.1, 0.15) is 22.3 Å². The number of pyridine rings is 1. The molecule has 4 aromatic rings. The number of sulfonamides is 1. The molecule has 8 heteroatoms. The number of aromatic nitrogens is 2. The first kappa shape index (κ1) is 20.3. The molecule has 7 nitrogen and oxygen atoms in total. The fourth-order valence-corrected chi connectivity index (χ4v) is 3.93. The molecule has 4 N–H and O–H groups in total. The Morgan fingerprint density at radius 1 is 1.16 bits per heavy atom. The van der Waals surface area contributed by atoms with Crippen molar-refractivity contribution in [1.82, 2.24) is 9.97 Å². The molecule has 0 saturated carbocycles. The Bertz CT molecular complexity index is 1460. The van der Waals surface area contributed by atoms with E-state index in [4.69, 9.17) is 5.14 Å². The molecule has 0 radical (unpaired) electrons. The molecule has 0 saturated heterocycles. The van der Waals surface area contributed by atoms with Crippen molar-refractivity contribution in [2.75, 3.05) is 5.32 Å². The van der Waals surface area contributed by atoms with Gasteiger partial charge in [-0.05, 0) is 48.4 Å². The minimum absolute atomic E-state index is 0.0346. The smallest absolute Gasteiger partial charge is 0.238 e. The molecule has 2 aromatic carbocycles. The molecule has 0 aliphatic carbocycles. The van der Waals surface area contributed by atoms with E-state index in [1.54, 1.807) is 30.5 Å². The highest BCUT2D eigenvalue weighted by Crippen LogP contribution is 2.31. The van der Waals surface area contributed by atoms with E-state index in [0.717, 1.165) is 22.2 Å². The third kappa shape index (κ3) is 4.19. The van der Waals surface area contributed by atoms with E-state index in [9.17, 15) is 13.7 Å². The van der Waals surface area contributed by atoms with Crippen LogP contribution >= 0.6 is 0 Å². The molecule has 0 aliphatic heterocycles. The molecule has 4 rings (SSSR count). The minimum atomic E-state index is -3.79. The number of rotatable bonds is 5. The Morgan fingerprint density at radius 3 is 2.77 bits per heavy atom. The van der Waals surface area contributed by atoms with Crippen molar-refractivity contribution in [2.45, 2.75) is 11.8 Å². The lowest BCUT2D eigenvalue weighted by Gasteiger charge is -2.14. The zero-order valence-electron chi connectivity index (χ0n) is 16.6. The van der Waals surface area contributed by atoms with Crippen LogP contribution in [0.15, 0.2) is 66.0 Å². The standard InChI is InChI=1S/C23H19N5O2S/c1-15-20-9-10-27-22(20)8-7-21(15)28-23-17(13-26-14-18(23)12-24)6-5-16-3-2-4-19(11-16)31(25,29)30/h2-11,13-14,27H,1H3,(H,26,28)(H2,25,29,30). The van der Waals surface area contributed by atoms with Crippen LogP contribution in [0, 0.1) is 18.3 Å². The van der Waals surface area contributed by atoms with Gasteiger partial charge in [-0.15, -0.1) is 0 Å². The van der Waals surface area contributed by atoms with E-state index in [1.165, 1.54) is 18.3 Å². The van der Waals surface area contributed by atoms with Gasteiger partial charge in [0.15, 0.2) is 0 Å². The average molecular weight is 430 g/mol. The van der Waals surface area contributed by atoms with Gasteiger partial charge in [-0.3, -0.25) is 4.98 Å². The number of fused-ring (bicyclic) bond motifs is 1. The first-order chi connectivity index (χ1) is 14.9. The second-order valence-electron chi connectivity index (χ2n) is 7.02. The fraction of sp³-hybridized carbons (Fsp3) is 0.0435. The Labute approximate surface area is 179 Å². The van der Waals surface area contributed by atoms with Crippen LogP contribution in [0.5, 0.6) is 0 Å². The van der Waals surface area contributed by atoms with Crippen LogP contribution in [0.2, 0.25) is 0 Å². The number of primary sulfonamides is 1. The lowest BCUT2D eigenvalue weighted by atomic mass is 10.1. The van der Waals surface area contributed by atoms with Crippen LogP contribution in [-0.2, 0) is 10.0 Å². The quantitative estimate of drug-likeness (QED) is 0.436. The first-order valence-corrected chi connectivity index (χ1v) is 10.9. The number of benzene rings is 2. The summed E-state index contributed by atoms with van der Waals surface area (Å²) in [5.74, 6) is 0. The highest BCUT2D eigenvalue weighted by molar-refractivity contribution is 7.89. The van der Waals surface area contributed by atoms with Gasteiger partial charge in [-0.1, -0.05) is 24.3 Å². The van der Waals surface area contributed by atoms with Crippen LogP contribution in [0.25, 0.3) is 23.1 Å². The number of nitrogens with one attached hydrogen (secondary N) is 2. The average Bonchev–Trinajstić information content (AvgIpc) is 3.24. The van der Waals surface area contributed by atoms with Crippen LogP contribution in [0.3, 0.4) is 0 Å². The molecule has 2 aromatic heterocycles. The first-order valence-electron chi connectivity index (χ1n) is 9.39. The summed E-state index contributed by atoms with van der Waals surface area (Å²) in [4.78, 5) is 7.38. The van der Waals surface area contributed by atoms with Gasteiger partial charge in [0.05, 0.1) is 16.1 Å². The van der Waals surface area contributed by atoms with Crippen molar-refractivity contribution in [2.24, 2.45) is 5.14 Å². The Hall–Kier alpha value is -3.93. The number of hydrogen-bond acceptors (Lipinski definition) is 5. The van der Waals surface area contributed by atoms with E-state index in [2.05, 4.69) is 21.4 Å². The van der Waals surface area contributed by atoms with E-state index < -0.39 is 10.0 Å². The Balaban J connectivity index is 1.74. The van der Waals surface area contributed by atoms with Crippen molar-refractivity contribution in [3.8, 4) is 6.07 Å². The molecule has 31 heavy (non-hydrogen) atoms. The molecule has 0 amide bonds. The van der Waals surface area contributed by atoms with Gasteiger partial charge in [-0.25, -0.2) is 13.6 Å². The van der Waals surface area contributed by atoms with E-state index in [0.29, 0.717) is 22.4 Å². The summed E-state index contributed by atoms with van der Waals surface area (Å²) in [6, 6.07) is 14.4. The van der Waals surface area contributed by atoms with Crippen LogP contribution < -0.4 is 10.5 Å². The number of nitrogens with two attached hydrogens (primary N) is 1. The molecule has 0 aliphatic rings. The molecule has 2 heterocycles. The monoisotopic (exact) mass is 429 g/mol. The number of aromatic amines is 1. The summed E-state index contributed by atoms with van der Waals surface area (Å²) in [7, 11) is -3.79. The second kappa shape index (κ2) is 8.07. The summed E-state index contributed by atoms with van der Waals surface area (Å²) in [6.07, 6.45) is 8.57. The number of nitriles is 1. The molecule has 0 atom stereocenters. The van der Waals surface area contributed by atoms with Gasteiger partial charge in [0, 0.05) is 40.7 Å². The summed E-state index contributed by atoms with van der Waals surface area (Å²) in [5.41, 5.74) is 5.32. The van der Waals surface area contributed by atoms with Crippen LogP contribution in [-0.4, -0.2) is 18.4 Å². The van der Waals surface area contributed by atoms with Crippen molar-refractivity contribution in [3.63, 3.8) is 0 Å². The number of nitrogens with zero attached hydrogens (tertiary/aromatic N) is 2. The van der Waals surface area contributed by atoms with E-state index >= 15 is 0 Å². The summed E-state index contributed by atoms with van der Waals surface area (Å²) in [5, 5.41) is 19.3. The summed E-state index contributed by atoms with van der Waals surface area (Å²) in [6.45, 7) is 2.01. The van der Waals surface area contributed by atoms with E-state index in [1.807, 2.05) is 31.3 Å². The predicted octanol–water partition coefficient (Wildman–Crippen LogP) is 4.30. The minimum Gasteiger partial charge on any atom is -0.361 e. The van der Waals surface area contributed by atoms with E-state index in [-0.39, 0.29) is 4.90 Å². The zero-order chi connectivity index (χ0) is 22.0. The van der Waals surface area contributed by atoms with Crippen molar-refractivity contribution >= 4 is 44.5 Å². The molecular weight excluding hydrogens is 410 g/mol. The number of aryl methyl sites for hydroxylation is 1. The lowest BCUT2D eigenvalue weighted by molar-refractivity contribution is 0.598.